The van der Waals surface area contributed by atoms with Crippen LogP contribution in [-0.4, -0.2) is 60.8 Å². The monoisotopic (exact) mass is 631 g/mol. The van der Waals surface area contributed by atoms with Crippen molar-refractivity contribution in [2.75, 3.05) is 41.0 Å². The molecule has 0 spiro atoms. The van der Waals surface area contributed by atoms with Crippen LogP contribution < -0.4 is 16.4 Å². The topological polar surface area (TPSA) is 167 Å². The van der Waals surface area contributed by atoms with Crippen molar-refractivity contribution in [1.29, 1.82) is 0 Å². The Bertz CT molecular complexity index is 1710. The number of rotatable bonds is 12. The van der Waals surface area contributed by atoms with E-state index in [1.807, 2.05) is 42.5 Å². The maximum absolute atomic E-state index is 11.3. The van der Waals surface area contributed by atoms with Gasteiger partial charge in [-0.2, -0.15) is 21.4 Å². The van der Waals surface area contributed by atoms with Crippen molar-refractivity contribution < 1.29 is 30.5 Å². The van der Waals surface area contributed by atoms with Crippen LogP contribution in [0, 0.1) is 0 Å². The van der Waals surface area contributed by atoms with E-state index in [4.69, 9.17) is 11.5 Å². The van der Waals surface area contributed by atoms with Crippen LogP contribution in [0.4, 0.5) is 22.7 Å². The number of fused-ring (bicyclic) bond motifs is 2. The van der Waals surface area contributed by atoms with Crippen molar-refractivity contribution in [2.45, 2.75) is 64.2 Å². The smallest absolute Gasteiger partial charge is 0.264 e. The molecule has 2 aliphatic heterocycles. The number of anilines is 3. The van der Waals surface area contributed by atoms with Gasteiger partial charge in [0.25, 0.3) is 20.2 Å². The second kappa shape index (κ2) is 12.1. The molecular formula is C31H43N4O6S2+. The van der Waals surface area contributed by atoms with E-state index in [1.54, 1.807) is 0 Å². The van der Waals surface area contributed by atoms with Crippen LogP contribution in [0.2, 0.25) is 0 Å². The molecule has 0 radical (unpaired) electrons. The summed E-state index contributed by atoms with van der Waals surface area (Å²) in [7, 11) is -8.04. The molecule has 2 aromatic carbocycles. The zero-order chi connectivity index (χ0) is 31.8. The van der Waals surface area contributed by atoms with Gasteiger partial charge in [0.15, 0.2) is 5.71 Å². The Morgan fingerprint density at radius 2 is 1.40 bits per heavy atom. The molecule has 0 saturated carbocycles. The van der Waals surface area contributed by atoms with E-state index in [-0.39, 0.29) is 22.3 Å². The predicted octanol–water partition coefficient (Wildman–Crippen LogP) is 4.80. The van der Waals surface area contributed by atoms with Crippen LogP contribution in [-0.2, 0) is 31.1 Å². The molecule has 0 aromatic heterocycles. The second-order valence-corrected chi connectivity index (χ2v) is 15.5. The fourth-order valence-electron chi connectivity index (χ4n) is 6.21. The first-order valence-electron chi connectivity index (χ1n) is 14.4. The summed E-state index contributed by atoms with van der Waals surface area (Å²) in [6.45, 7) is 9.68. The van der Waals surface area contributed by atoms with Crippen molar-refractivity contribution in [3.8, 4) is 0 Å². The normalized spacial score (nSPS) is 18.6. The number of hydrogen-bond acceptors (Lipinski definition) is 7. The highest BCUT2D eigenvalue weighted by Crippen LogP contribution is 2.48. The molecule has 2 aromatic rings. The molecule has 0 amide bonds. The van der Waals surface area contributed by atoms with Gasteiger partial charge in [-0.25, -0.2) is 0 Å². The summed E-state index contributed by atoms with van der Waals surface area (Å²) in [5.41, 5.74) is 19.2. The molecule has 0 saturated heterocycles. The van der Waals surface area contributed by atoms with Crippen molar-refractivity contribution in [3.05, 3.63) is 71.5 Å². The van der Waals surface area contributed by atoms with Gasteiger partial charge in [0.1, 0.15) is 6.54 Å². The van der Waals surface area contributed by atoms with Gasteiger partial charge in [0.2, 0.25) is 5.69 Å². The lowest BCUT2D eigenvalue weighted by Crippen LogP contribution is -2.28. The molecule has 10 nitrogen and oxygen atoms in total. The van der Waals surface area contributed by atoms with Crippen LogP contribution in [0.15, 0.2) is 60.3 Å². The van der Waals surface area contributed by atoms with Crippen molar-refractivity contribution in [1.82, 2.24) is 0 Å². The van der Waals surface area contributed by atoms with Crippen molar-refractivity contribution in [2.24, 2.45) is 0 Å². The first-order chi connectivity index (χ1) is 19.9. The summed E-state index contributed by atoms with van der Waals surface area (Å²) >= 11 is 0. The molecule has 0 aliphatic carbocycles. The highest BCUT2D eigenvalue weighted by atomic mass is 32.2. The highest BCUT2D eigenvalue weighted by molar-refractivity contribution is 7.86. The van der Waals surface area contributed by atoms with Crippen LogP contribution in [0.1, 0.15) is 64.5 Å². The number of benzene rings is 2. The Labute approximate surface area is 255 Å². The summed E-state index contributed by atoms with van der Waals surface area (Å²) in [5.74, 6) is -0.563. The minimum Gasteiger partial charge on any atom is -0.399 e. The van der Waals surface area contributed by atoms with E-state index in [0.717, 1.165) is 33.9 Å². The number of nitrogens with two attached hydrogens (primary N) is 2. The molecule has 4 rings (SSSR count). The first kappa shape index (κ1) is 32.7. The molecule has 12 heteroatoms. The average molecular weight is 632 g/mol. The van der Waals surface area contributed by atoms with E-state index in [1.165, 1.54) is 0 Å². The Kier molecular flexibility index (Phi) is 9.18. The number of unbranched alkanes of at least 4 members (excludes halogenated alkanes) is 2. The molecule has 43 heavy (non-hydrogen) atoms. The van der Waals surface area contributed by atoms with Gasteiger partial charge in [-0.1, -0.05) is 19.9 Å². The number of nitrogen functional groups attached to an aromatic ring is 2. The Morgan fingerprint density at radius 1 is 0.814 bits per heavy atom. The summed E-state index contributed by atoms with van der Waals surface area (Å²) in [5, 5.41) is 0. The number of hydrogen-bond donors (Lipinski definition) is 4. The second-order valence-electron chi connectivity index (χ2n) is 12.4. The molecule has 2 heterocycles. The summed E-state index contributed by atoms with van der Waals surface area (Å²) < 4.78 is 65.6. The van der Waals surface area contributed by atoms with Crippen LogP contribution in [0.5, 0.6) is 0 Å². The van der Waals surface area contributed by atoms with E-state index in [9.17, 15) is 25.9 Å². The van der Waals surface area contributed by atoms with Crippen LogP contribution in [0.3, 0.4) is 0 Å². The maximum atomic E-state index is 11.3. The lowest BCUT2D eigenvalue weighted by Gasteiger charge is -2.27. The van der Waals surface area contributed by atoms with Gasteiger partial charge >= 0.3 is 0 Å². The van der Waals surface area contributed by atoms with Crippen molar-refractivity contribution >= 4 is 48.7 Å². The molecule has 2 aliphatic rings. The highest BCUT2D eigenvalue weighted by Gasteiger charge is 2.44. The number of nitrogens with zero attached hydrogens (tertiary/aromatic N) is 2. The van der Waals surface area contributed by atoms with Gasteiger partial charge in [0.05, 0.1) is 16.9 Å². The van der Waals surface area contributed by atoms with Gasteiger partial charge in [-0.3, -0.25) is 9.11 Å². The SMILES string of the molecule is CC1(C)C(/C=C/C=C2\N(CCCCS(=O)(=O)O)c3ccc(N)cc3C2(C)C)=[N+](CCCCS(=O)(=O)O)c2ccc(N)cc21. The first-order valence-corrected chi connectivity index (χ1v) is 17.7. The van der Waals surface area contributed by atoms with E-state index in [0.29, 0.717) is 50.1 Å². The molecular weight excluding hydrogens is 588 g/mol. The average Bonchev–Trinajstić information content (AvgIpc) is 3.22. The predicted molar refractivity (Wildman–Crippen MR) is 173 cm³/mol. The Hall–Kier alpha value is -3.19. The lowest BCUT2D eigenvalue weighted by atomic mass is 9.81. The van der Waals surface area contributed by atoms with Crippen LogP contribution >= 0.6 is 0 Å². The van der Waals surface area contributed by atoms with E-state index in [2.05, 4.69) is 49.3 Å². The fourth-order valence-corrected chi connectivity index (χ4v) is 7.34. The molecule has 0 bridgehead atoms. The maximum Gasteiger partial charge on any atom is 0.264 e. The zero-order valence-corrected chi connectivity index (χ0v) is 26.9. The van der Waals surface area contributed by atoms with Crippen LogP contribution in [0.25, 0.3) is 0 Å². The Morgan fingerprint density at radius 3 is 2.02 bits per heavy atom. The summed E-state index contributed by atoms with van der Waals surface area (Å²) in [6, 6.07) is 11.7. The fraction of sp³-hybridized carbons (Fsp3) is 0.452. The summed E-state index contributed by atoms with van der Waals surface area (Å²) in [4.78, 5) is 2.19. The number of allylic oxidation sites excluding steroid dienone is 4. The summed E-state index contributed by atoms with van der Waals surface area (Å²) in [6.07, 6.45) is 7.99. The van der Waals surface area contributed by atoms with E-state index < -0.39 is 20.2 Å². The van der Waals surface area contributed by atoms with Crippen molar-refractivity contribution in [3.63, 3.8) is 0 Å². The molecule has 234 valence electrons. The molecule has 0 fully saturated rings. The minimum absolute atomic E-state index is 0.281. The van der Waals surface area contributed by atoms with E-state index >= 15 is 0 Å². The lowest BCUT2D eigenvalue weighted by molar-refractivity contribution is -0.438. The molecule has 0 atom stereocenters. The van der Waals surface area contributed by atoms with Gasteiger partial charge in [-0.15, -0.1) is 0 Å². The molecule has 6 N–H and O–H groups in total. The van der Waals surface area contributed by atoms with Gasteiger partial charge in [-0.05, 0) is 75.1 Å². The Balaban J connectivity index is 1.69. The molecule has 0 unspecified atom stereocenters. The van der Waals surface area contributed by atoms with Gasteiger partial charge < -0.3 is 16.4 Å². The largest absolute Gasteiger partial charge is 0.399 e. The zero-order valence-electron chi connectivity index (χ0n) is 25.2. The third kappa shape index (κ3) is 7.31. The third-order valence-electron chi connectivity index (χ3n) is 8.41. The minimum atomic E-state index is -4.02. The quantitative estimate of drug-likeness (QED) is 0.111. The standard InChI is InChI=1S/C31H42N4O6S2/c1-30(2)24-20-22(32)12-14-26(24)34(16-5-7-18-42(36,37)38)28(30)10-9-11-29-31(3,4)25-21-23(33)13-15-27(25)35(29)17-6-8-19-43(39,40)41/h9-15,20-21H,5-8,16-19,32-33H2,1-4H3,(H-,36,37,38,39,40,41)/p+1. The third-order valence-corrected chi connectivity index (χ3v) is 10.0. The van der Waals surface area contributed by atoms with Gasteiger partial charge in [0, 0.05) is 58.8 Å².